The van der Waals surface area contributed by atoms with Crippen molar-refractivity contribution in [1.29, 1.82) is 0 Å². The average Bonchev–Trinajstić information content (AvgIpc) is 2.66. The molecule has 1 aromatic carbocycles. The van der Waals surface area contributed by atoms with Crippen LogP contribution in [0.25, 0.3) is 17.3 Å². The fourth-order valence-electron chi connectivity index (χ4n) is 3.38. The van der Waals surface area contributed by atoms with Crippen LogP contribution in [-0.4, -0.2) is 41.1 Å². The molecule has 1 fully saturated rings. The summed E-state index contributed by atoms with van der Waals surface area (Å²) in [5.41, 5.74) is 3.39. The van der Waals surface area contributed by atoms with Crippen LogP contribution in [0.3, 0.4) is 0 Å². The van der Waals surface area contributed by atoms with E-state index in [0.717, 1.165) is 29.7 Å². The van der Waals surface area contributed by atoms with Gasteiger partial charge in [0.05, 0.1) is 11.3 Å². The molecule has 2 heterocycles. The number of ether oxygens (including phenoxy) is 1. The first-order valence-corrected chi connectivity index (χ1v) is 9.00. The number of rotatable bonds is 4. The lowest BCUT2D eigenvalue weighted by Crippen LogP contribution is -2.46. The molecule has 2 aromatic rings. The minimum atomic E-state index is -0.176. The minimum Gasteiger partial charge on any atom is -0.375 e. The number of benzene rings is 1. The van der Waals surface area contributed by atoms with Gasteiger partial charge in [-0.15, -0.1) is 0 Å². The van der Waals surface area contributed by atoms with E-state index in [-0.39, 0.29) is 17.6 Å². The van der Waals surface area contributed by atoms with Crippen molar-refractivity contribution in [2.45, 2.75) is 38.3 Å². The predicted octanol–water partition coefficient (Wildman–Crippen LogP) is 4.42. The van der Waals surface area contributed by atoms with Crippen LogP contribution < -0.4 is 0 Å². The summed E-state index contributed by atoms with van der Waals surface area (Å²) in [5.74, 6) is 0.0502. The van der Waals surface area contributed by atoms with Crippen molar-refractivity contribution < 1.29 is 9.53 Å². The van der Waals surface area contributed by atoms with Crippen LogP contribution >= 0.6 is 0 Å². The zero-order valence-corrected chi connectivity index (χ0v) is 15.7. The molecule has 1 amide bonds. The van der Waals surface area contributed by atoms with Gasteiger partial charge in [0.1, 0.15) is 0 Å². The lowest BCUT2D eigenvalue weighted by atomic mass is 9.92. The van der Waals surface area contributed by atoms with E-state index in [2.05, 4.69) is 25.4 Å². The molecule has 4 nitrogen and oxygen atoms in total. The van der Waals surface area contributed by atoms with Gasteiger partial charge in [0.25, 0.3) is 5.91 Å². The molecule has 0 N–H and O–H groups in total. The van der Waals surface area contributed by atoms with Crippen LogP contribution in [0, 0.1) is 0 Å². The molecular weight excluding hydrogens is 324 g/mol. The number of amides is 1. The smallest absolute Gasteiger partial charge is 0.253 e. The lowest BCUT2D eigenvalue weighted by molar-refractivity contribution is -0.0756. The summed E-state index contributed by atoms with van der Waals surface area (Å²) in [5, 5.41) is 0. The van der Waals surface area contributed by atoms with Crippen LogP contribution in [0.1, 0.15) is 42.6 Å². The Morgan fingerprint density at radius 1 is 1.27 bits per heavy atom. The molecule has 1 atom stereocenters. The molecule has 26 heavy (non-hydrogen) atoms. The Kier molecular flexibility index (Phi) is 5.23. The number of aromatic nitrogens is 1. The first kappa shape index (κ1) is 18.3. The Morgan fingerprint density at radius 2 is 2.00 bits per heavy atom. The Hall–Kier alpha value is -2.46. The second kappa shape index (κ2) is 7.42. The largest absolute Gasteiger partial charge is 0.375 e. The summed E-state index contributed by atoms with van der Waals surface area (Å²) in [6, 6.07) is 11.8. The summed E-state index contributed by atoms with van der Waals surface area (Å²) in [7, 11) is 1.89. The standard InChI is InChI=1S/C22H26N2O2/c1-5-16-6-11-20(23-15-16)17-7-9-18(10-8-17)21(25)24(4)19-12-13-26-22(2,3)14-19/h5-11,15,19H,1,12-14H2,2-4H3. The zero-order chi connectivity index (χ0) is 18.7. The van der Waals surface area contributed by atoms with E-state index in [1.54, 1.807) is 12.3 Å². The van der Waals surface area contributed by atoms with Gasteiger partial charge in [0.15, 0.2) is 0 Å². The van der Waals surface area contributed by atoms with Crippen molar-refractivity contribution in [3.8, 4) is 11.3 Å². The van der Waals surface area contributed by atoms with E-state index in [1.165, 1.54) is 0 Å². The molecule has 1 aliphatic rings. The third kappa shape index (κ3) is 4.02. The third-order valence-corrected chi connectivity index (χ3v) is 4.99. The van der Waals surface area contributed by atoms with Gasteiger partial charge in [-0.2, -0.15) is 0 Å². The number of nitrogens with zero attached hydrogens (tertiary/aromatic N) is 2. The second-order valence-electron chi connectivity index (χ2n) is 7.43. The van der Waals surface area contributed by atoms with Crippen molar-refractivity contribution in [3.05, 3.63) is 60.3 Å². The highest BCUT2D eigenvalue weighted by Crippen LogP contribution is 2.28. The first-order chi connectivity index (χ1) is 12.4. The highest BCUT2D eigenvalue weighted by Gasteiger charge is 2.32. The molecule has 4 heteroatoms. The highest BCUT2D eigenvalue weighted by atomic mass is 16.5. The van der Waals surface area contributed by atoms with Gasteiger partial charge in [0, 0.05) is 37.0 Å². The van der Waals surface area contributed by atoms with Gasteiger partial charge < -0.3 is 9.64 Å². The molecule has 136 valence electrons. The number of hydrogen-bond acceptors (Lipinski definition) is 3. The topological polar surface area (TPSA) is 42.4 Å². The quantitative estimate of drug-likeness (QED) is 0.820. The third-order valence-electron chi connectivity index (χ3n) is 4.99. The van der Waals surface area contributed by atoms with Crippen LogP contribution in [0.2, 0.25) is 0 Å². The Bertz CT molecular complexity index is 779. The predicted molar refractivity (Wildman–Crippen MR) is 105 cm³/mol. The van der Waals surface area contributed by atoms with Gasteiger partial charge in [-0.1, -0.05) is 30.9 Å². The summed E-state index contributed by atoms with van der Waals surface area (Å²) >= 11 is 0. The summed E-state index contributed by atoms with van der Waals surface area (Å²) in [4.78, 5) is 19.1. The van der Waals surface area contributed by atoms with Crippen molar-refractivity contribution in [1.82, 2.24) is 9.88 Å². The first-order valence-electron chi connectivity index (χ1n) is 9.00. The van der Waals surface area contributed by atoms with Crippen molar-refractivity contribution in [3.63, 3.8) is 0 Å². The van der Waals surface area contributed by atoms with Gasteiger partial charge in [-0.3, -0.25) is 9.78 Å². The van der Waals surface area contributed by atoms with Crippen LogP contribution in [-0.2, 0) is 4.74 Å². The molecule has 0 saturated carbocycles. The van der Waals surface area contributed by atoms with E-state index in [9.17, 15) is 4.79 Å². The summed E-state index contributed by atoms with van der Waals surface area (Å²) in [6.45, 7) is 8.59. The Labute approximate surface area is 155 Å². The van der Waals surface area contributed by atoms with Crippen molar-refractivity contribution in [2.24, 2.45) is 0 Å². The van der Waals surface area contributed by atoms with Gasteiger partial charge in [0.2, 0.25) is 0 Å². The maximum Gasteiger partial charge on any atom is 0.253 e. The lowest BCUT2D eigenvalue weighted by Gasteiger charge is -2.39. The Morgan fingerprint density at radius 3 is 2.58 bits per heavy atom. The summed E-state index contributed by atoms with van der Waals surface area (Å²) in [6.07, 6.45) is 5.30. The van der Waals surface area contributed by atoms with E-state index >= 15 is 0 Å². The van der Waals surface area contributed by atoms with Gasteiger partial charge in [-0.25, -0.2) is 0 Å². The normalized spacial score (nSPS) is 19.0. The van der Waals surface area contributed by atoms with Crippen molar-refractivity contribution >= 4 is 12.0 Å². The number of hydrogen-bond donors (Lipinski definition) is 0. The van der Waals surface area contributed by atoms with Gasteiger partial charge >= 0.3 is 0 Å². The van der Waals surface area contributed by atoms with Crippen LogP contribution in [0.15, 0.2) is 49.2 Å². The minimum absolute atomic E-state index is 0.0502. The van der Waals surface area contributed by atoms with Crippen molar-refractivity contribution in [2.75, 3.05) is 13.7 Å². The van der Waals surface area contributed by atoms with Crippen LogP contribution in [0.4, 0.5) is 0 Å². The molecule has 0 bridgehead atoms. The van der Waals surface area contributed by atoms with E-state index < -0.39 is 0 Å². The zero-order valence-electron chi connectivity index (χ0n) is 15.7. The molecule has 0 spiro atoms. The second-order valence-corrected chi connectivity index (χ2v) is 7.43. The van der Waals surface area contributed by atoms with E-state index in [0.29, 0.717) is 12.2 Å². The summed E-state index contributed by atoms with van der Waals surface area (Å²) < 4.78 is 5.76. The molecule has 1 aromatic heterocycles. The maximum absolute atomic E-state index is 12.8. The molecule has 1 unspecified atom stereocenters. The molecule has 3 rings (SSSR count). The molecular formula is C22H26N2O2. The number of pyridine rings is 1. The van der Waals surface area contributed by atoms with Crippen LogP contribution in [0.5, 0.6) is 0 Å². The fraction of sp³-hybridized carbons (Fsp3) is 0.364. The van der Waals surface area contributed by atoms with Gasteiger partial charge in [-0.05, 0) is 50.5 Å². The number of carbonyl (C=O) groups excluding carboxylic acids is 1. The van der Waals surface area contributed by atoms with E-state index in [4.69, 9.17) is 4.74 Å². The maximum atomic E-state index is 12.8. The fourth-order valence-corrected chi connectivity index (χ4v) is 3.38. The molecule has 0 radical (unpaired) electrons. The Balaban J connectivity index is 1.72. The molecule has 0 aliphatic carbocycles. The average molecular weight is 350 g/mol. The monoisotopic (exact) mass is 350 g/mol. The number of carbonyl (C=O) groups is 1. The van der Waals surface area contributed by atoms with E-state index in [1.807, 2.05) is 48.3 Å². The molecule has 1 aliphatic heterocycles. The highest BCUT2D eigenvalue weighted by molar-refractivity contribution is 5.94. The molecule has 1 saturated heterocycles. The SMILES string of the molecule is C=Cc1ccc(-c2ccc(C(=O)N(C)C3CCOC(C)(C)C3)cc2)nc1.